The smallest absolute Gasteiger partial charge is 0.337 e. The Morgan fingerprint density at radius 1 is 1.19 bits per heavy atom. The monoisotopic (exact) mass is 423 g/mol. The number of allylic oxidation sites excluding steroid dienone is 1. The highest BCUT2D eigenvalue weighted by atomic mass is 19.1. The van der Waals surface area contributed by atoms with Crippen molar-refractivity contribution in [3.8, 4) is 5.75 Å². The average molecular weight is 424 g/mol. The molecule has 2 aliphatic rings. The van der Waals surface area contributed by atoms with Gasteiger partial charge in [0, 0.05) is 19.6 Å². The Bertz CT molecular complexity index is 938. The van der Waals surface area contributed by atoms with E-state index < -0.39 is 0 Å². The summed E-state index contributed by atoms with van der Waals surface area (Å²) in [5.41, 5.74) is 5.32. The number of aryl methyl sites for hydroxylation is 1. The fraction of sp³-hybridized carbons (Fsp3) is 0.423. The number of alkyl halides is 1. The Balaban J connectivity index is 1.47. The van der Waals surface area contributed by atoms with Crippen LogP contribution in [0.15, 0.2) is 48.5 Å². The molecular formula is C26H30FNO3. The third-order valence-electron chi connectivity index (χ3n) is 6.12. The first kappa shape index (κ1) is 21.6. The maximum absolute atomic E-state index is 12.4. The van der Waals surface area contributed by atoms with Crippen LogP contribution in [0, 0.1) is 0 Å². The molecule has 0 aromatic heterocycles. The van der Waals surface area contributed by atoms with E-state index in [9.17, 15) is 9.18 Å². The average Bonchev–Trinajstić information content (AvgIpc) is 3.14. The molecule has 4 rings (SSSR count). The highest BCUT2D eigenvalue weighted by molar-refractivity contribution is 5.91. The number of carbonyl (C=O) groups excluding carboxylic acids is 1. The van der Waals surface area contributed by atoms with Crippen molar-refractivity contribution >= 4 is 11.5 Å². The second kappa shape index (κ2) is 10.1. The lowest BCUT2D eigenvalue weighted by Crippen LogP contribution is -2.26. The van der Waals surface area contributed by atoms with E-state index in [0.29, 0.717) is 12.0 Å². The number of benzene rings is 2. The molecule has 164 valence electrons. The Hall–Kier alpha value is -2.66. The highest BCUT2D eigenvalue weighted by Crippen LogP contribution is 2.33. The molecule has 0 bridgehead atoms. The van der Waals surface area contributed by atoms with Crippen molar-refractivity contribution in [2.45, 2.75) is 38.2 Å². The van der Waals surface area contributed by atoms with Crippen LogP contribution < -0.4 is 4.74 Å². The largest absolute Gasteiger partial charge is 0.489 e. The van der Waals surface area contributed by atoms with Crippen LogP contribution in [0.3, 0.4) is 0 Å². The maximum atomic E-state index is 12.4. The summed E-state index contributed by atoms with van der Waals surface area (Å²) >= 11 is 0. The van der Waals surface area contributed by atoms with Gasteiger partial charge < -0.3 is 9.47 Å². The summed E-state index contributed by atoms with van der Waals surface area (Å²) in [7, 11) is 1.41. The topological polar surface area (TPSA) is 38.8 Å². The molecule has 1 atom stereocenters. The molecule has 5 heteroatoms. The Morgan fingerprint density at radius 3 is 2.81 bits per heavy atom. The van der Waals surface area contributed by atoms with E-state index in [1.165, 1.54) is 23.8 Å². The first-order valence-electron chi connectivity index (χ1n) is 11.1. The molecule has 1 heterocycles. The third kappa shape index (κ3) is 5.16. The Morgan fingerprint density at radius 2 is 2.03 bits per heavy atom. The molecule has 2 aromatic rings. The van der Waals surface area contributed by atoms with Crippen LogP contribution in [-0.2, 0) is 11.2 Å². The summed E-state index contributed by atoms with van der Waals surface area (Å²) in [5.74, 6) is 0.575. The van der Waals surface area contributed by atoms with Gasteiger partial charge in [-0.1, -0.05) is 24.3 Å². The van der Waals surface area contributed by atoms with Gasteiger partial charge in [-0.3, -0.25) is 9.29 Å². The molecule has 1 aliphatic heterocycles. The van der Waals surface area contributed by atoms with E-state index >= 15 is 0 Å². The molecule has 2 aromatic carbocycles. The van der Waals surface area contributed by atoms with Gasteiger partial charge in [0.05, 0.1) is 19.3 Å². The molecule has 31 heavy (non-hydrogen) atoms. The minimum absolute atomic E-state index is 0.167. The number of methoxy groups -OCH3 is 1. The second-order valence-corrected chi connectivity index (χ2v) is 8.27. The van der Waals surface area contributed by atoms with Crippen molar-refractivity contribution in [3.05, 3.63) is 70.8 Å². The second-order valence-electron chi connectivity index (χ2n) is 8.27. The number of halogens is 1. The predicted octanol–water partition coefficient (Wildman–Crippen LogP) is 5.05. The number of likely N-dealkylation sites (tertiary alicyclic amines) is 1. The summed E-state index contributed by atoms with van der Waals surface area (Å²) in [6.45, 7) is 2.38. The normalized spacial score (nSPS) is 18.8. The van der Waals surface area contributed by atoms with Crippen molar-refractivity contribution in [2.24, 2.45) is 0 Å². The minimum Gasteiger partial charge on any atom is -0.489 e. The lowest BCUT2D eigenvalue weighted by molar-refractivity contribution is 0.0600. The van der Waals surface area contributed by atoms with Gasteiger partial charge in [0.25, 0.3) is 0 Å². The summed E-state index contributed by atoms with van der Waals surface area (Å²) in [6.07, 6.45) is 7.05. The highest BCUT2D eigenvalue weighted by Gasteiger charge is 2.23. The third-order valence-corrected chi connectivity index (χ3v) is 6.12. The molecule has 0 radical (unpaired) electrons. The standard InChI is InChI=1S/C26H30FNO3/c1-30-26(29)21-9-12-25-20(17-21)5-2-3-6-24(25)19-7-10-22(11-8-19)31-23-13-16-28(18-23)15-4-14-27/h6-12,17,23H,2-5,13-16,18H2,1H3/t23-/m0/s1. The van der Waals surface area contributed by atoms with E-state index in [0.717, 1.165) is 56.6 Å². The minimum atomic E-state index is -0.297. The number of hydrogen-bond donors (Lipinski definition) is 0. The van der Waals surface area contributed by atoms with Crippen molar-refractivity contribution in [1.29, 1.82) is 0 Å². The lowest BCUT2D eigenvalue weighted by atomic mass is 9.92. The number of ether oxygens (including phenoxy) is 2. The summed E-state index contributed by atoms with van der Waals surface area (Å²) < 4.78 is 23.4. The lowest BCUT2D eigenvalue weighted by Gasteiger charge is -2.17. The quantitative estimate of drug-likeness (QED) is 0.584. The first-order valence-corrected chi connectivity index (χ1v) is 11.1. The molecule has 0 amide bonds. The zero-order valence-electron chi connectivity index (χ0n) is 18.1. The van der Waals surface area contributed by atoms with Crippen LogP contribution in [0.5, 0.6) is 5.75 Å². The number of nitrogens with zero attached hydrogens (tertiary/aromatic N) is 1. The molecule has 1 aliphatic carbocycles. The number of rotatable bonds is 7. The van der Waals surface area contributed by atoms with E-state index in [1.54, 1.807) is 0 Å². The maximum Gasteiger partial charge on any atom is 0.337 e. The van der Waals surface area contributed by atoms with Gasteiger partial charge in [-0.05, 0) is 78.6 Å². The van der Waals surface area contributed by atoms with Crippen LogP contribution in [0.4, 0.5) is 4.39 Å². The van der Waals surface area contributed by atoms with E-state index in [4.69, 9.17) is 9.47 Å². The number of hydrogen-bond acceptors (Lipinski definition) is 4. The zero-order valence-corrected chi connectivity index (χ0v) is 18.1. The molecule has 4 nitrogen and oxygen atoms in total. The Kier molecular flexibility index (Phi) is 7.03. The fourth-order valence-electron chi connectivity index (χ4n) is 4.52. The zero-order chi connectivity index (χ0) is 21.6. The van der Waals surface area contributed by atoms with Gasteiger partial charge >= 0.3 is 5.97 Å². The molecule has 0 spiro atoms. The molecule has 0 N–H and O–H groups in total. The van der Waals surface area contributed by atoms with Gasteiger partial charge in [0.1, 0.15) is 11.9 Å². The van der Waals surface area contributed by atoms with Gasteiger partial charge in [-0.25, -0.2) is 4.79 Å². The molecule has 1 saturated heterocycles. The molecule has 0 unspecified atom stereocenters. The fourth-order valence-corrected chi connectivity index (χ4v) is 4.52. The van der Waals surface area contributed by atoms with Crippen molar-refractivity contribution in [1.82, 2.24) is 4.90 Å². The van der Waals surface area contributed by atoms with E-state index in [1.807, 2.05) is 30.3 Å². The van der Waals surface area contributed by atoms with Gasteiger partial charge in [0.15, 0.2) is 0 Å². The van der Waals surface area contributed by atoms with Gasteiger partial charge in [0.2, 0.25) is 0 Å². The molecule has 1 fully saturated rings. The summed E-state index contributed by atoms with van der Waals surface area (Å²) in [4.78, 5) is 14.2. The molecular weight excluding hydrogens is 393 g/mol. The van der Waals surface area contributed by atoms with Crippen LogP contribution in [0.1, 0.15) is 52.7 Å². The van der Waals surface area contributed by atoms with Crippen LogP contribution in [0.25, 0.3) is 5.57 Å². The summed E-state index contributed by atoms with van der Waals surface area (Å²) in [6, 6.07) is 14.1. The first-order chi connectivity index (χ1) is 15.2. The van der Waals surface area contributed by atoms with Crippen molar-refractivity contribution in [2.75, 3.05) is 33.4 Å². The number of carbonyl (C=O) groups is 1. The SMILES string of the molecule is COC(=O)c1ccc2c(c1)CCCC=C2c1ccc(O[C@H]2CCN(CCCF)C2)cc1. The van der Waals surface area contributed by atoms with Gasteiger partial charge in [-0.2, -0.15) is 0 Å². The van der Waals surface area contributed by atoms with E-state index in [-0.39, 0.29) is 18.7 Å². The number of esters is 1. The summed E-state index contributed by atoms with van der Waals surface area (Å²) in [5, 5.41) is 0. The Labute approximate surface area is 183 Å². The van der Waals surface area contributed by atoms with Crippen LogP contribution >= 0.6 is 0 Å². The van der Waals surface area contributed by atoms with Crippen LogP contribution in [0.2, 0.25) is 0 Å². The number of fused-ring (bicyclic) bond motifs is 1. The van der Waals surface area contributed by atoms with Crippen molar-refractivity contribution < 1.29 is 18.7 Å². The van der Waals surface area contributed by atoms with Gasteiger partial charge in [-0.15, -0.1) is 0 Å². The van der Waals surface area contributed by atoms with Crippen molar-refractivity contribution in [3.63, 3.8) is 0 Å². The predicted molar refractivity (Wildman–Crippen MR) is 120 cm³/mol. The van der Waals surface area contributed by atoms with Crippen LogP contribution in [-0.4, -0.2) is 50.4 Å². The van der Waals surface area contributed by atoms with E-state index in [2.05, 4.69) is 23.1 Å². The molecule has 0 saturated carbocycles.